The van der Waals surface area contributed by atoms with E-state index >= 15 is 0 Å². The molecule has 1 aromatic heterocycles. The third-order valence-electron chi connectivity index (χ3n) is 2.49. The Labute approximate surface area is 113 Å². The van der Waals surface area contributed by atoms with Crippen LogP contribution in [0, 0.1) is 5.82 Å². The topological polar surface area (TPSA) is 25.2 Å². The minimum absolute atomic E-state index is 0. The number of nitrogens with one attached hydrogen (secondary N) is 1. The van der Waals surface area contributed by atoms with Crippen LogP contribution >= 0.6 is 0 Å². The minimum atomic E-state index is -0.259. The molecular weight excluding hydrogens is 253 g/mol. The van der Waals surface area contributed by atoms with Gasteiger partial charge in [-0.25, -0.2) is 4.39 Å². The van der Waals surface area contributed by atoms with Gasteiger partial charge in [0.15, 0.2) is 0 Å². The lowest BCUT2D eigenvalue weighted by Crippen LogP contribution is -3.00. The van der Waals surface area contributed by atoms with Crippen molar-refractivity contribution in [3.05, 3.63) is 48.0 Å². The van der Waals surface area contributed by atoms with Gasteiger partial charge < -0.3 is 22.1 Å². The van der Waals surface area contributed by atoms with Gasteiger partial charge in [-0.05, 0) is 24.3 Å². The maximum Gasteiger partial charge on any atom is 0.137 e. The third-order valence-corrected chi connectivity index (χ3v) is 2.49. The fourth-order valence-electron chi connectivity index (χ4n) is 1.58. The summed E-state index contributed by atoms with van der Waals surface area (Å²) < 4.78 is 19.1. The first-order chi connectivity index (χ1) is 8.16. The number of furan rings is 1. The number of halogens is 2. The van der Waals surface area contributed by atoms with Crippen molar-refractivity contribution in [2.45, 2.75) is 26.4 Å². The van der Waals surface area contributed by atoms with Crippen LogP contribution in [0.4, 0.5) is 4.39 Å². The van der Waals surface area contributed by atoms with E-state index in [1.807, 2.05) is 6.07 Å². The second-order valence-corrected chi connectivity index (χ2v) is 4.28. The number of hydrogen-bond acceptors (Lipinski definition) is 2. The summed E-state index contributed by atoms with van der Waals surface area (Å²) in [5.41, 5.74) is 0.503. The van der Waals surface area contributed by atoms with E-state index in [0.717, 1.165) is 5.76 Å². The Bertz CT molecular complexity index is 496. The standard InChI is InChI=1S/C14H16FNO.ClH/c1-10(2)16-9-11-7-8-14(17-11)12-5-3-4-6-13(12)15;/h3-8,10,16H,9H2,1-2H3;1H/p-1. The lowest BCUT2D eigenvalue weighted by Gasteiger charge is -2.05. The molecule has 0 aliphatic rings. The largest absolute Gasteiger partial charge is 1.00 e. The van der Waals surface area contributed by atoms with Crippen molar-refractivity contribution >= 4 is 0 Å². The lowest BCUT2D eigenvalue weighted by molar-refractivity contribution is -0.00000484. The van der Waals surface area contributed by atoms with Crippen molar-refractivity contribution in [1.82, 2.24) is 5.32 Å². The van der Waals surface area contributed by atoms with Crippen molar-refractivity contribution in [3.63, 3.8) is 0 Å². The molecule has 1 aromatic carbocycles. The van der Waals surface area contributed by atoms with Crippen LogP contribution in [0.2, 0.25) is 0 Å². The van der Waals surface area contributed by atoms with E-state index in [1.54, 1.807) is 24.3 Å². The fourth-order valence-corrected chi connectivity index (χ4v) is 1.58. The Morgan fingerprint density at radius 1 is 1.17 bits per heavy atom. The molecule has 4 heteroatoms. The second-order valence-electron chi connectivity index (χ2n) is 4.28. The summed E-state index contributed by atoms with van der Waals surface area (Å²) in [7, 11) is 0. The Hall–Kier alpha value is -1.32. The lowest BCUT2D eigenvalue weighted by atomic mass is 10.1. The Morgan fingerprint density at radius 2 is 1.89 bits per heavy atom. The van der Waals surface area contributed by atoms with E-state index in [4.69, 9.17) is 4.42 Å². The zero-order valence-electron chi connectivity index (χ0n) is 10.4. The molecule has 0 amide bonds. The van der Waals surface area contributed by atoms with Gasteiger partial charge in [0, 0.05) is 6.04 Å². The Balaban J connectivity index is 0.00000162. The molecule has 18 heavy (non-hydrogen) atoms. The highest BCUT2D eigenvalue weighted by molar-refractivity contribution is 5.58. The molecule has 0 unspecified atom stereocenters. The van der Waals surface area contributed by atoms with Gasteiger partial charge >= 0.3 is 0 Å². The summed E-state index contributed by atoms with van der Waals surface area (Å²) in [6.07, 6.45) is 0. The highest BCUT2D eigenvalue weighted by Gasteiger charge is 2.08. The molecule has 0 aliphatic carbocycles. The van der Waals surface area contributed by atoms with Crippen molar-refractivity contribution in [1.29, 1.82) is 0 Å². The molecule has 0 radical (unpaired) electrons. The van der Waals surface area contributed by atoms with Crippen LogP contribution < -0.4 is 17.7 Å². The van der Waals surface area contributed by atoms with E-state index in [0.29, 0.717) is 23.9 Å². The van der Waals surface area contributed by atoms with Crippen molar-refractivity contribution in [3.8, 4) is 11.3 Å². The zero-order chi connectivity index (χ0) is 12.3. The normalized spacial score (nSPS) is 10.4. The van der Waals surface area contributed by atoms with Crippen LogP contribution in [-0.2, 0) is 6.54 Å². The summed E-state index contributed by atoms with van der Waals surface area (Å²) >= 11 is 0. The van der Waals surface area contributed by atoms with E-state index in [-0.39, 0.29) is 18.2 Å². The quantitative estimate of drug-likeness (QED) is 0.878. The van der Waals surface area contributed by atoms with Gasteiger partial charge in [0.05, 0.1) is 12.1 Å². The molecule has 1 N–H and O–H groups in total. The highest BCUT2D eigenvalue weighted by atomic mass is 35.5. The summed E-state index contributed by atoms with van der Waals surface area (Å²) in [6, 6.07) is 10.7. The monoisotopic (exact) mass is 268 g/mol. The summed E-state index contributed by atoms with van der Waals surface area (Å²) in [5.74, 6) is 1.13. The molecule has 2 nitrogen and oxygen atoms in total. The van der Waals surface area contributed by atoms with Gasteiger partial charge in [-0.1, -0.05) is 26.0 Å². The van der Waals surface area contributed by atoms with E-state index < -0.39 is 0 Å². The van der Waals surface area contributed by atoms with Crippen LogP contribution in [-0.4, -0.2) is 6.04 Å². The van der Waals surface area contributed by atoms with Gasteiger partial charge in [-0.2, -0.15) is 0 Å². The highest BCUT2D eigenvalue weighted by Crippen LogP contribution is 2.24. The first-order valence-corrected chi connectivity index (χ1v) is 5.74. The van der Waals surface area contributed by atoms with E-state index in [9.17, 15) is 4.39 Å². The predicted molar refractivity (Wildman–Crippen MR) is 66.1 cm³/mol. The Morgan fingerprint density at radius 3 is 2.56 bits per heavy atom. The molecule has 0 bridgehead atoms. The maximum absolute atomic E-state index is 13.5. The molecule has 0 fully saturated rings. The number of rotatable bonds is 4. The van der Waals surface area contributed by atoms with Crippen LogP contribution in [0.25, 0.3) is 11.3 Å². The molecule has 0 saturated carbocycles. The van der Waals surface area contributed by atoms with Crippen molar-refractivity contribution in [2.24, 2.45) is 0 Å². The SMILES string of the molecule is CC(C)NCc1ccc(-c2ccccc2F)o1.[Cl-]. The molecule has 1 heterocycles. The van der Waals surface area contributed by atoms with Crippen LogP contribution in [0.1, 0.15) is 19.6 Å². The van der Waals surface area contributed by atoms with E-state index in [1.165, 1.54) is 6.07 Å². The van der Waals surface area contributed by atoms with Gasteiger partial charge in [0.25, 0.3) is 0 Å². The molecule has 0 saturated heterocycles. The minimum Gasteiger partial charge on any atom is -1.00 e. The van der Waals surface area contributed by atoms with Gasteiger partial charge in [0.1, 0.15) is 17.3 Å². The van der Waals surface area contributed by atoms with Crippen LogP contribution in [0.3, 0.4) is 0 Å². The number of hydrogen-bond donors (Lipinski definition) is 1. The smallest absolute Gasteiger partial charge is 0.137 e. The average molecular weight is 269 g/mol. The summed E-state index contributed by atoms with van der Waals surface area (Å²) in [5, 5.41) is 3.25. The van der Waals surface area contributed by atoms with Crippen LogP contribution in [0.5, 0.6) is 0 Å². The molecule has 2 aromatic rings. The predicted octanol–water partition coefficient (Wildman–Crippen LogP) is 0.588. The first kappa shape index (κ1) is 14.7. The molecule has 0 atom stereocenters. The van der Waals surface area contributed by atoms with Crippen LogP contribution in [0.15, 0.2) is 40.8 Å². The summed E-state index contributed by atoms with van der Waals surface area (Å²) in [4.78, 5) is 0. The third kappa shape index (κ3) is 3.59. The molecule has 0 spiro atoms. The van der Waals surface area contributed by atoms with Gasteiger partial charge in [-0.15, -0.1) is 0 Å². The maximum atomic E-state index is 13.5. The van der Waals surface area contributed by atoms with E-state index in [2.05, 4.69) is 19.2 Å². The second kappa shape index (κ2) is 6.57. The number of benzene rings is 1. The van der Waals surface area contributed by atoms with Gasteiger partial charge in [-0.3, -0.25) is 0 Å². The average Bonchev–Trinajstić information content (AvgIpc) is 2.75. The fraction of sp³-hybridized carbons (Fsp3) is 0.286. The first-order valence-electron chi connectivity index (χ1n) is 5.74. The molecular formula is C14H16ClFNO-. The van der Waals surface area contributed by atoms with Gasteiger partial charge in [0.2, 0.25) is 0 Å². The molecule has 2 rings (SSSR count). The zero-order valence-corrected chi connectivity index (χ0v) is 11.2. The summed E-state index contributed by atoms with van der Waals surface area (Å²) in [6.45, 7) is 4.80. The van der Waals surface area contributed by atoms with Crippen molar-refractivity contribution < 1.29 is 21.2 Å². The molecule has 98 valence electrons. The molecule has 0 aliphatic heterocycles. The Kier molecular flexibility index (Phi) is 5.38. The van der Waals surface area contributed by atoms with Crippen molar-refractivity contribution in [2.75, 3.05) is 0 Å².